The molecule has 0 amide bonds. The molecule has 0 heterocycles. The number of halogens is 2. The Labute approximate surface area is 110 Å². The quantitative estimate of drug-likeness (QED) is 0.314. The molecule has 0 N–H and O–H groups in total. The van der Waals surface area contributed by atoms with E-state index in [1.165, 1.54) is 0 Å². The maximum Gasteiger partial charge on any atom is 0.272 e. The van der Waals surface area contributed by atoms with Gasteiger partial charge in [-0.05, 0) is 22.2 Å². The van der Waals surface area contributed by atoms with Gasteiger partial charge < -0.3 is 8.22 Å². The van der Waals surface area contributed by atoms with Crippen LogP contribution in [-0.4, -0.2) is 16.2 Å². The Kier molecular flexibility index (Phi) is 6.51. The van der Waals surface area contributed by atoms with Crippen LogP contribution < -0.4 is 0 Å². The second-order valence-corrected chi connectivity index (χ2v) is 21.8. The van der Waals surface area contributed by atoms with E-state index in [1.807, 2.05) is 55.4 Å². The maximum atomic E-state index is 15.2. The number of hydrogen-bond donors (Lipinski definition) is 0. The first-order valence-corrected chi connectivity index (χ1v) is 13.7. The fraction of sp³-hybridized carbons (Fsp3) is 1.00. The zero-order chi connectivity index (χ0) is 14.0. The van der Waals surface area contributed by atoms with Crippen molar-refractivity contribution >= 4 is 23.8 Å². The molecule has 0 rings (SSSR count). The average molecular weight is 299 g/mol. The second-order valence-electron chi connectivity index (χ2n) is 6.28. The van der Waals surface area contributed by atoms with Gasteiger partial charge in [0.25, 0.3) is 16.2 Å². The predicted octanol–water partition coefficient (Wildman–Crippen LogP) is 6.13. The third-order valence-corrected chi connectivity index (χ3v) is 27.4. The summed E-state index contributed by atoms with van der Waals surface area (Å²) in [6, 6.07) is 0. The lowest BCUT2D eigenvalue weighted by molar-refractivity contribution is 0.702. The lowest BCUT2D eigenvalue weighted by Gasteiger charge is -2.39. The van der Waals surface area contributed by atoms with Crippen molar-refractivity contribution in [3.63, 3.8) is 0 Å². The van der Waals surface area contributed by atoms with Gasteiger partial charge in [-0.2, -0.15) is 0 Å². The molecule has 0 nitrogen and oxygen atoms in total. The van der Waals surface area contributed by atoms with Crippen LogP contribution >= 0.6 is 7.68 Å². The normalized spacial score (nSPS) is 14.5. The van der Waals surface area contributed by atoms with Crippen molar-refractivity contribution in [1.82, 2.24) is 0 Å². The molecule has 0 aliphatic carbocycles. The summed E-state index contributed by atoms with van der Waals surface area (Å²) in [6.45, 7) is 15.5. The number of hydrogen-bond acceptors (Lipinski definition) is 0. The SMILES string of the molecule is CC(C)[Si](F)(P[Si](F)(C(C)C)C(C)C)C(C)C. The molecule has 0 saturated carbocycles. The fourth-order valence-corrected chi connectivity index (χ4v) is 27.5. The molecule has 0 fully saturated rings. The van der Waals surface area contributed by atoms with E-state index in [0.717, 1.165) is 0 Å². The van der Waals surface area contributed by atoms with Gasteiger partial charge in [0.05, 0.1) is 0 Å². The van der Waals surface area contributed by atoms with Crippen LogP contribution in [0.3, 0.4) is 0 Å². The molecule has 0 bridgehead atoms. The zero-order valence-electron chi connectivity index (χ0n) is 12.6. The van der Waals surface area contributed by atoms with Crippen molar-refractivity contribution in [2.45, 2.75) is 77.6 Å². The minimum atomic E-state index is -2.95. The van der Waals surface area contributed by atoms with Crippen LogP contribution in [-0.2, 0) is 0 Å². The van der Waals surface area contributed by atoms with E-state index in [-0.39, 0.29) is 29.8 Å². The summed E-state index contributed by atoms with van der Waals surface area (Å²) in [6.07, 6.45) is 0. The van der Waals surface area contributed by atoms with Crippen LogP contribution in [0, 0.1) is 0 Å². The highest BCUT2D eigenvalue weighted by molar-refractivity contribution is 8.06. The molecule has 0 aliphatic heterocycles. The minimum Gasteiger partial charge on any atom is -0.308 e. The van der Waals surface area contributed by atoms with Crippen molar-refractivity contribution in [2.75, 3.05) is 0 Å². The van der Waals surface area contributed by atoms with Crippen molar-refractivity contribution in [3.8, 4) is 0 Å². The summed E-state index contributed by atoms with van der Waals surface area (Å²) >= 11 is 0. The van der Waals surface area contributed by atoms with Crippen LogP contribution in [0.25, 0.3) is 0 Å². The largest absolute Gasteiger partial charge is 0.308 e. The van der Waals surface area contributed by atoms with Gasteiger partial charge in [-0.1, -0.05) is 63.1 Å². The molecule has 0 aromatic carbocycles. The summed E-state index contributed by atoms with van der Waals surface area (Å²) in [4.78, 5) is 0. The van der Waals surface area contributed by atoms with Crippen LogP contribution in [0.5, 0.6) is 0 Å². The highest BCUT2D eigenvalue weighted by atomic mass is 31.6. The van der Waals surface area contributed by atoms with E-state index in [9.17, 15) is 0 Å². The van der Waals surface area contributed by atoms with Gasteiger partial charge in [0.2, 0.25) is 0 Å². The van der Waals surface area contributed by atoms with E-state index in [4.69, 9.17) is 0 Å². The van der Waals surface area contributed by atoms with Crippen LogP contribution in [0.4, 0.5) is 8.22 Å². The van der Waals surface area contributed by atoms with Crippen LogP contribution in [0.2, 0.25) is 22.2 Å². The van der Waals surface area contributed by atoms with E-state index in [1.54, 1.807) is 0 Å². The second kappa shape index (κ2) is 6.25. The average Bonchev–Trinajstić information content (AvgIpc) is 2.15. The molecule has 0 unspecified atom stereocenters. The maximum absolute atomic E-state index is 15.2. The van der Waals surface area contributed by atoms with Gasteiger partial charge in [0.1, 0.15) is 0 Å². The van der Waals surface area contributed by atoms with Crippen LogP contribution in [0.1, 0.15) is 55.4 Å². The molecule has 0 aromatic rings. The first-order valence-electron chi connectivity index (χ1n) is 6.65. The van der Waals surface area contributed by atoms with Crippen molar-refractivity contribution in [1.29, 1.82) is 0 Å². The summed E-state index contributed by atoms with van der Waals surface area (Å²) in [5.74, 6) is 0. The summed E-state index contributed by atoms with van der Waals surface area (Å²) in [5, 5.41) is 0. The zero-order valence-corrected chi connectivity index (χ0v) is 15.6. The van der Waals surface area contributed by atoms with Gasteiger partial charge in [-0.25, -0.2) is 0 Å². The lowest BCUT2D eigenvalue weighted by Crippen LogP contribution is -2.42. The standard InChI is InChI=1S/C12H29F2PSi2/c1-9(2)16(13,10(3)4)15-17(14,11(5)6)12(7)8/h9-12,15H,1-8H3. The van der Waals surface area contributed by atoms with Gasteiger partial charge in [-0.15, -0.1) is 0 Å². The van der Waals surface area contributed by atoms with Crippen LogP contribution in [0.15, 0.2) is 0 Å². The monoisotopic (exact) mass is 298 g/mol. The van der Waals surface area contributed by atoms with Crippen molar-refractivity contribution in [3.05, 3.63) is 0 Å². The van der Waals surface area contributed by atoms with E-state index >= 15 is 8.22 Å². The first-order chi connectivity index (χ1) is 7.48. The Morgan fingerprint density at radius 1 is 0.588 bits per heavy atom. The fourth-order valence-electron chi connectivity index (χ4n) is 2.20. The Morgan fingerprint density at radius 2 is 0.765 bits per heavy atom. The molecule has 5 heteroatoms. The third kappa shape index (κ3) is 3.84. The summed E-state index contributed by atoms with van der Waals surface area (Å²) < 4.78 is 30.4. The lowest BCUT2D eigenvalue weighted by atomic mass is 10.5. The molecule has 0 atom stereocenters. The van der Waals surface area contributed by atoms with Gasteiger partial charge in [0, 0.05) is 0 Å². The Balaban J connectivity index is 5.22. The molecule has 0 aromatic heterocycles. The Bertz CT molecular complexity index is 203. The van der Waals surface area contributed by atoms with Crippen molar-refractivity contribution < 1.29 is 8.22 Å². The highest BCUT2D eigenvalue weighted by Gasteiger charge is 2.53. The molecule has 104 valence electrons. The molecule has 0 radical (unpaired) electrons. The van der Waals surface area contributed by atoms with Crippen molar-refractivity contribution in [2.24, 2.45) is 0 Å². The van der Waals surface area contributed by atoms with E-state index in [2.05, 4.69) is 0 Å². The number of rotatable bonds is 6. The topological polar surface area (TPSA) is 0 Å². The molecule has 0 aliphatic rings. The smallest absolute Gasteiger partial charge is 0.272 e. The molecule has 17 heavy (non-hydrogen) atoms. The van der Waals surface area contributed by atoms with E-state index in [0.29, 0.717) is 0 Å². The van der Waals surface area contributed by atoms with Gasteiger partial charge >= 0.3 is 0 Å². The summed E-state index contributed by atoms with van der Waals surface area (Å²) in [5.41, 5.74) is 0.115. The summed E-state index contributed by atoms with van der Waals surface area (Å²) in [7, 11) is -5.92. The van der Waals surface area contributed by atoms with Gasteiger partial charge in [0.15, 0.2) is 0 Å². The van der Waals surface area contributed by atoms with E-state index < -0.39 is 16.2 Å². The molecule has 0 spiro atoms. The highest BCUT2D eigenvalue weighted by Crippen LogP contribution is 2.58. The van der Waals surface area contributed by atoms with Gasteiger partial charge in [-0.3, -0.25) is 0 Å². The first kappa shape index (κ1) is 17.7. The molecular weight excluding hydrogens is 269 g/mol. The predicted molar refractivity (Wildman–Crippen MR) is 82.4 cm³/mol. The Hall–Kier alpha value is 0.724. The molecule has 0 saturated heterocycles. The Morgan fingerprint density at radius 3 is 0.882 bits per heavy atom. The minimum absolute atomic E-state index is 0.0139. The molecular formula is C12H29F2PSi2. The third-order valence-electron chi connectivity index (χ3n) is 3.74.